The second-order valence-electron chi connectivity index (χ2n) is 5.73. The number of piperidine rings is 1. The molecule has 1 atom stereocenters. The Bertz CT molecular complexity index is 488. The molecule has 1 unspecified atom stereocenters. The fourth-order valence-corrected chi connectivity index (χ4v) is 2.73. The van der Waals surface area contributed by atoms with Gasteiger partial charge in [-0.25, -0.2) is 0 Å². The summed E-state index contributed by atoms with van der Waals surface area (Å²) in [4.78, 5) is 14.7. The second kappa shape index (κ2) is 7.46. The highest BCUT2D eigenvalue weighted by Gasteiger charge is 2.25. The maximum absolute atomic E-state index is 12.8. The van der Waals surface area contributed by atoms with Crippen LogP contribution in [0.3, 0.4) is 0 Å². The molecule has 1 aliphatic rings. The van der Waals surface area contributed by atoms with Crippen molar-refractivity contribution in [3.8, 4) is 0 Å². The molecule has 0 aromatic heterocycles. The SMILES string of the molecule is CCCNc1ccc(C)cc1C(=O)N1CCCC(OC)C1. The van der Waals surface area contributed by atoms with Crippen molar-refractivity contribution in [2.45, 2.75) is 39.2 Å². The average Bonchev–Trinajstić information content (AvgIpc) is 2.53. The third kappa shape index (κ3) is 3.97. The van der Waals surface area contributed by atoms with E-state index in [9.17, 15) is 4.79 Å². The summed E-state index contributed by atoms with van der Waals surface area (Å²) in [5.41, 5.74) is 2.83. The molecular formula is C17H26N2O2. The quantitative estimate of drug-likeness (QED) is 0.906. The van der Waals surface area contributed by atoms with E-state index in [0.717, 1.165) is 49.2 Å². The number of rotatable bonds is 5. The first-order chi connectivity index (χ1) is 10.2. The smallest absolute Gasteiger partial charge is 0.256 e. The topological polar surface area (TPSA) is 41.6 Å². The third-order valence-corrected chi connectivity index (χ3v) is 3.97. The van der Waals surface area contributed by atoms with Gasteiger partial charge in [0.25, 0.3) is 5.91 Å². The molecule has 1 fully saturated rings. The first kappa shape index (κ1) is 15.8. The van der Waals surface area contributed by atoms with Gasteiger partial charge in [0.2, 0.25) is 0 Å². The Morgan fingerprint density at radius 1 is 1.48 bits per heavy atom. The van der Waals surface area contributed by atoms with E-state index in [1.54, 1.807) is 7.11 Å². The maximum atomic E-state index is 12.8. The van der Waals surface area contributed by atoms with Gasteiger partial charge in [0.05, 0.1) is 11.7 Å². The summed E-state index contributed by atoms with van der Waals surface area (Å²) in [7, 11) is 1.72. The predicted molar refractivity (Wildman–Crippen MR) is 85.9 cm³/mol. The van der Waals surface area contributed by atoms with Crippen LogP contribution in [-0.4, -0.2) is 43.7 Å². The molecule has 1 amide bonds. The van der Waals surface area contributed by atoms with Gasteiger partial charge in [-0.05, 0) is 38.3 Å². The average molecular weight is 290 g/mol. The number of carbonyl (C=O) groups excluding carboxylic acids is 1. The molecule has 0 radical (unpaired) electrons. The molecule has 1 aromatic rings. The largest absolute Gasteiger partial charge is 0.384 e. The summed E-state index contributed by atoms with van der Waals surface area (Å²) in [5.74, 6) is 0.110. The minimum atomic E-state index is 0.110. The summed E-state index contributed by atoms with van der Waals surface area (Å²) in [6.45, 7) is 6.53. The second-order valence-corrected chi connectivity index (χ2v) is 5.73. The Morgan fingerprint density at radius 2 is 2.29 bits per heavy atom. The molecule has 4 nitrogen and oxygen atoms in total. The van der Waals surface area contributed by atoms with Crippen molar-refractivity contribution in [1.29, 1.82) is 0 Å². The third-order valence-electron chi connectivity index (χ3n) is 3.97. The highest BCUT2D eigenvalue weighted by molar-refractivity contribution is 6.00. The van der Waals surface area contributed by atoms with E-state index in [-0.39, 0.29) is 12.0 Å². The normalized spacial score (nSPS) is 18.6. The molecule has 0 bridgehead atoms. The molecule has 0 saturated carbocycles. The van der Waals surface area contributed by atoms with Gasteiger partial charge in [0.1, 0.15) is 0 Å². The van der Waals surface area contributed by atoms with Crippen molar-refractivity contribution in [2.75, 3.05) is 32.1 Å². The molecule has 4 heteroatoms. The first-order valence-electron chi connectivity index (χ1n) is 7.82. The molecule has 0 spiro atoms. The Kier molecular flexibility index (Phi) is 5.62. The van der Waals surface area contributed by atoms with Crippen LogP contribution in [0.2, 0.25) is 0 Å². The summed E-state index contributed by atoms with van der Waals surface area (Å²) < 4.78 is 5.42. The molecule has 0 aliphatic carbocycles. The summed E-state index contributed by atoms with van der Waals surface area (Å²) >= 11 is 0. The van der Waals surface area contributed by atoms with Crippen LogP contribution >= 0.6 is 0 Å². The van der Waals surface area contributed by atoms with Gasteiger partial charge in [-0.2, -0.15) is 0 Å². The number of hydrogen-bond acceptors (Lipinski definition) is 3. The van der Waals surface area contributed by atoms with Crippen molar-refractivity contribution in [3.63, 3.8) is 0 Å². The van der Waals surface area contributed by atoms with Gasteiger partial charge in [0.15, 0.2) is 0 Å². The van der Waals surface area contributed by atoms with Gasteiger partial charge < -0.3 is 15.0 Å². The van der Waals surface area contributed by atoms with Gasteiger partial charge in [0, 0.05) is 32.4 Å². The minimum absolute atomic E-state index is 0.110. The molecule has 21 heavy (non-hydrogen) atoms. The fourth-order valence-electron chi connectivity index (χ4n) is 2.73. The molecule has 1 saturated heterocycles. The number of methoxy groups -OCH3 is 1. The molecule has 2 rings (SSSR count). The van der Waals surface area contributed by atoms with Crippen LogP contribution in [0.1, 0.15) is 42.1 Å². The molecule has 1 heterocycles. The lowest BCUT2D eigenvalue weighted by Crippen LogP contribution is -2.43. The zero-order valence-corrected chi connectivity index (χ0v) is 13.3. The molecule has 1 aromatic carbocycles. The van der Waals surface area contributed by atoms with Gasteiger partial charge in [-0.3, -0.25) is 4.79 Å². The minimum Gasteiger partial charge on any atom is -0.384 e. The van der Waals surface area contributed by atoms with Crippen molar-refractivity contribution >= 4 is 11.6 Å². The van der Waals surface area contributed by atoms with Crippen LogP contribution in [0.5, 0.6) is 0 Å². The van der Waals surface area contributed by atoms with Crippen molar-refractivity contribution in [2.24, 2.45) is 0 Å². The van der Waals surface area contributed by atoms with Crippen molar-refractivity contribution in [1.82, 2.24) is 4.90 Å². The fraction of sp³-hybridized carbons (Fsp3) is 0.588. The number of nitrogens with one attached hydrogen (secondary N) is 1. The molecule has 116 valence electrons. The Hall–Kier alpha value is -1.55. The highest BCUT2D eigenvalue weighted by Crippen LogP contribution is 2.22. The Morgan fingerprint density at radius 3 is 3.00 bits per heavy atom. The zero-order chi connectivity index (χ0) is 15.2. The maximum Gasteiger partial charge on any atom is 0.256 e. The Labute approximate surface area is 127 Å². The van der Waals surface area contributed by atoms with Crippen LogP contribution in [0, 0.1) is 6.92 Å². The number of benzene rings is 1. The van der Waals surface area contributed by atoms with Crippen LogP contribution in [-0.2, 0) is 4.74 Å². The number of hydrogen-bond donors (Lipinski definition) is 1. The van der Waals surface area contributed by atoms with Gasteiger partial charge >= 0.3 is 0 Å². The lowest BCUT2D eigenvalue weighted by Gasteiger charge is -2.32. The van der Waals surface area contributed by atoms with E-state index >= 15 is 0 Å². The van der Waals surface area contributed by atoms with Crippen LogP contribution < -0.4 is 5.32 Å². The summed E-state index contributed by atoms with van der Waals surface area (Å²) in [6, 6.07) is 6.04. The number of carbonyl (C=O) groups is 1. The lowest BCUT2D eigenvalue weighted by atomic mass is 10.0. The number of ether oxygens (including phenoxy) is 1. The lowest BCUT2D eigenvalue weighted by molar-refractivity contribution is 0.0269. The van der Waals surface area contributed by atoms with E-state index in [1.807, 2.05) is 30.0 Å². The number of anilines is 1. The van der Waals surface area contributed by atoms with Crippen molar-refractivity contribution in [3.05, 3.63) is 29.3 Å². The standard InChI is InChI=1S/C17H26N2O2/c1-4-9-18-16-8-7-13(2)11-15(16)17(20)19-10-5-6-14(12-19)21-3/h7-8,11,14,18H,4-6,9-10,12H2,1-3H3. The van der Waals surface area contributed by atoms with Gasteiger partial charge in [-0.15, -0.1) is 0 Å². The van der Waals surface area contributed by atoms with Gasteiger partial charge in [-0.1, -0.05) is 18.6 Å². The van der Waals surface area contributed by atoms with Crippen LogP contribution in [0.4, 0.5) is 5.69 Å². The van der Waals surface area contributed by atoms with E-state index in [1.165, 1.54) is 0 Å². The zero-order valence-electron chi connectivity index (χ0n) is 13.3. The van der Waals surface area contributed by atoms with E-state index in [2.05, 4.69) is 12.2 Å². The summed E-state index contributed by atoms with van der Waals surface area (Å²) in [6.07, 6.45) is 3.25. The molecular weight excluding hydrogens is 264 g/mol. The van der Waals surface area contributed by atoms with E-state index in [0.29, 0.717) is 6.54 Å². The monoisotopic (exact) mass is 290 g/mol. The van der Waals surface area contributed by atoms with E-state index in [4.69, 9.17) is 4.74 Å². The van der Waals surface area contributed by atoms with Crippen molar-refractivity contribution < 1.29 is 9.53 Å². The highest BCUT2D eigenvalue weighted by atomic mass is 16.5. The van der Waals surface area contributed by atoms with Crippen LogP contribution in [0.15, 0.2) is 18.2 Å². The number of aryl methyl sites for hydroxylation is 1. The predicted octanol–water partition coefficient (Wildman–Crippen LogP) is 3.07. The Balaban J connectivity index is 2.18. The van der Waals surface area contributed by atoms with E-state index < -0.39 is 0 Å². The van der Waals surface area contributed by atoms with Crippen LogP contribution in [0.25, 0.3) is 0 Å². The molecule has 1 N–H and O–H groups in total. The summed E-state index contributed by atoms with van der Waals surface area (Å²) in [5, 5.41) is 3.36. The molecule has 1 aliphatic heterocycles. The first-order valence-corrected chi connectivity index (χ1v) is 7.82. The number of nitrogens with zero attached hydrogens (tertiary/aromatic N) is 1. The number of amides is 1. The number of likely N-dealkylation sites (tertiary alicyclic amines) is 1.